The Labute approximate surface area is 124 Å². The first-order valence-corrected chi connectivity index (χ1v) is 7.14. The minimum Gasteiger partial charge on any atom is -0.397 e. The summed E-state index contributed by atoms with van der Waals surface area (Å²) in [5, 5.41) is 3.40. The van der Waals surface area contributed by atoms with Crippen LogP contribution in [0, 0.1) is 0 Å². The Bertz CT molecular complexity index is 821. The second-order valence-electron chi connectivity index (χ2n) is 5.42. The van der Waals surface area contributed by atoms with Crippen molar-refractivity contribution in [2.24, 2.45) is 0 Å². The summed E-state index contributed by atoms with van der Waals surface area (Å²) >= 11 is 0. The van der Waals surface area contributed by atoms with Crippen LogP contribution in [0.5, 0.6) is 0 Å². The van der Waals surface area contributed by atoms with Gasteiger partial charge in [-0.25, -0.2) is 0 Å². The highest BCUT2D eigenvalue weighted by molar-refractivity contribution is 5.80. The van der Waals surface area contributed by atoms with Gasteiger partial charge in [-0.05, 0) is 52.9 Å². The van der Waals surface area contributed by atoms with Crippen molar-refractivity contribution in [3.05, 3.63) is 77.9 Å². The second kappa shape index (κ2) is 4.67. The van der Waals surface area contributed by atoms with Gasteiger partial charge < -0.3 is 11.1 Å². The van der Waals surface area contributed by atoms with Crippen LogP contribution in [0.1, 0.15) is 11.1 Å². The molecular formula is C19H16N2. The van der Waals surface area contributed by atoms with Crippen molar-refractivity contribution in [2.75, 3.05) is 11.1 Å². The number of nitrogen functional groups attached to an aromatic ring is 1. The lowest BCUT2D eigenvalue weighted by Crippen LogP contribution is -1.96. The zero-order valence-corrected chi connectivity index (χ0v) is 11.6. The second-order valence-corrected chi connectivity index (χ2v) is 5.42. The topological polar surface area (TPSA) is 38.0 Å². The van der Waals surface area contributed by atoms with Gasteiger partial charge in [-0.15, -0.1) is 0 Å². The smallest absolute Gasteiger partial charge is 0.0617 e. The molecule has 3 aromatic rings. The third-order valence-electron chi connectivity index (χ3n) is 4.03. The number of nitrogens with two attached hydrogens (primary N) is 1. The number of hydrogen-bond acceptors (Lipinski definition) is 2. The van der Waals surface area contributed by atoms with Crippen LogP contribution in [-0.4, -0.2) is 0 Å². The summed E-state index contributed by atoms with van der Waals surface area (Å²) in [7, 11) is 0. The summed E-state index contributed by atoms with van der Waals surface area (Å²) in [6, 6.07) is 23.0. The van der Waals surface area contributed by atoms with Crippen LogP contribution in [0.3, 0.4) is 0 Å². The van der Waals surface area contributed by atoms with Crippen LogP contribution in [0.25, 0.3) is 11.1 Å². The number of rotatable bonds is 2. The maximum absolute atomic E-state index is 5.99. The third kappa shape index (κ3) is 2.05. The van der Waals surface area contributed by atoms with Crippen molar-refractivity contribution in [1.29, 1.82) is 0 Å². The zero-order valence-electron chi connectivity index (χ0n) is 11.6. The minimum absolute atomic E-state index is 0.765. The molecule has 102 valence electrons. The number of benzene rings is 3. The average molecular weight is 272 g/mol. The van der Waals surface area contributed by atoms with Gasteiger partial charge in [0.2, 0.25) is 0 Å². The lowest BCUT2D eigenvalue weighted by atomic mass is 10.1. The first kappa shape index (κ1) is 12.0. The molecule has 0 radical (unpaired) electrons. The van der Waals surface area contributed by atoms with Gasteiger partial charge in [0.1, 0.15) is 0 Å². The molecular weight excluding hydrogens is 256 g/mol. The third-order valence-corrected chi connectivity index (χ3v) is 4.03. The van der Waals surface area contributed by atoms with E-state index in [0.717, 1.165) is 23.5 Å². The van der Waals surface area contributed by atoms with Crippen molar-refractivity contribution in [3.8, 4) is 11.1 Å². The Hall–Kier alpha value is -2.74. The number of nitrogens with one attached hydrogen (secondary N) is 1. The van der Waals surface area contributed by atoms with Crippen LogP contribution in [0.4, 0.5) is 17.1 Å². The highest BCUT2D eigenvalue weighted by atomic mass is 14.9. The Balaban J connectivity index is 1.69. The fraction of sp³-hybridized carbons (Fsp3) is 0.0526. The van der Waals surface area contributed by atoms with Crippen molar-refractivity contribution >= 4 is 17.1 Å². The number of anilines is 3. The molecule has 2 nitrogen and oxygen atoms in total. The molecule has 0 aliphatic heterocycles. The van der Waals surface area contributed by atoms with Gasteiger partial charge in [0.15, 0.2) is 0 Å². The van der Waals surface area contributed by atoms with Crippen molar-refractivity contribution in [1.82, 2.24) is 0 Å². The highest BCUT2D eigenvalue weighted by Gasteiger charge is 2.17. The van der Waals surface area contributed by atoms with E-state index < -0.39 is 0 Å². The molecule has 0 fully saturated rings. The van der Waals surface area contributed by atoms with Gasteiger partial charge in [0, 0.05) is 5.69 Å². The van der Waals surface area contributed by atoms with Crippen molar-refractivity contribution in [2.45, 2.75) is 6.42 Å². The van der Waals surface area contributed by atoms with E-state index in [0.29, 0.717) is 0 Å². The van der Waals surface area contributed by atoms with E-state index in [1.807, 2.05) is 24.3 Å². The lowest BCUT2D eigenvalue weighted by Gasteiger charge is -2.10. The quantitative estimate of drug-likeness (QED) is 0.524. The Morgan fingerprint density at radius 2 is 1.52 bits per heavy atom. The normalized spacial score (nSPS) is 11.8. The average Bonchev–Trinajstić information content (AvgIpc) is 2.87. The molecule has 0 bridgehead atoms. The summed E-state index contributed by atoms with van der Waals surface area (Å²) in [5.74, 6) is 0. The van der Waals surface area contributed by atoms with E-state index in [1.165, 1.54) is 22.3 Å². The number of para-hydroxylation sites is 2. The number of fused-ring (bicyclic) bond motifs is 3. The van der Waals surface area contributed by atoms with Gasteiger partial charge in [-0.3, -0.25) is 0 Å². The predicted octanol–water partition coefficient (Wildman–Crippen LogP) is 4.58. The molecule has 0 spiro atoms. The van der Waals surface area contributed by atoms with E-state index >= 15 is 0 Å². The van der Waals surface area contributed by atoms with Crippen LogP contribution in [0.15, 0.2) is 66.7 Å². The molecule has 21 heavy (non-hydrogen) atoms. The Morgan fingerprint density at radius 3 is 2.43 bits per heavy atom. The van der Waals surface area contributed by atoms with E-state index in [-0.39, 0.29) is 0 Å². The van der Waals surface area contributed by atoms with Gasteiger partial charge in [-0.1, -0.05) is 42.5 Å². The van der Waals surface area contributed by atoms with E-state index in [4.69, 9.17) is 5.73 Å². The maximum atomic E-state index is 5.99. The summed E-state index contributed by atoms with van der Waals surface area (Å²) in [4.78, 5) is 0. The SMILES string of the molecule is Nc1ccccc1Nc1ccc2c(c1)Cc1ccccc1-2. The first-order valence-electron chi connectivity index (χ1n) is 7.14. The lowest BCUT2D eigenvalue weighted by molar-refractivity contribution is 1.26. The Morgan fingerprint density at radius 1 is 0.762 bits per heavy atom. The highest BCUT2D eigenvalue weighted by Crippen LogP contribution is 2.38. The van der Waals surface area contributed by atoms with Crippen LogP contribution in [0.2, 0.25) is 0 Å². The molecule has 3 N–H and O–H groups in total. The molecule has 4 rings (SSSR count). The molecule has 1 aliphatic rings. The summed E-state index contributed by atoms with van der Waals surface area (Å²) in [6.45, 7) is 0. The fourth-order valence-corrected chi connectivity index (χ4v) is 2.99. The van der Waals surface area contributed by atoms with Crippen molar-refractivity contribution < 1.29 is 0 Å². The molecule has 0 saturated heterocycles. The zero-order chi connectivity index (χ0) is 14.2. The molecule has 2 heteroatoms. The van der Waals surface area contributed by atoms with Gasteiger partial charge in [0.25, 0.3) is 0 Å². The molecule has 0 amide bonds. The number of hydrogen-bond donors (Lipinski definition) is 2. The molecule has 0 atom stereocenters. The van der Waals surface area contributed by atoms with Gasteiger partial charge >= 0.3 is 0 Å². The largest absolute Gasteiger partial charge is 0.397 e. The monoisotopic (exact) mass is 272 g/mol. The molecule has 0 aromatic heterocycles. The fourth-order valence-electron chi connectivity index (χ4n) is 2.99. The van der Waals surface area contributed by atoms with Gasteiger partial charge in [0.05, 0.1) is 11.4 Å². The van der Waals surface area contributed by atoms with Crippen LogP contribution in [-0.2, 0) is 6.42 Å². The predicted molar refractivity (Wildman–Crippen MR) is 88.8 cm³/mol. The van der Waals surface area contributed by atoms with Crippen molar-refractivity contribution in [3.63, 3.8) is 0 Å². The first-order chi connectivity index (χ1) is 10.3. The minimum atomic E-state index is 0.765. The van der Waals surface area contributed by atoms with Crippen LogP contribution >= 0.6 is 0 Å². The van der Waals surface area contributed by atoms with Gasteiger partial charge in [-0.2, -0.15) is 0 Å². The van der Waals surface area contributed by atoms with E-state index in [9.17, 15) is 0 Å². The molecule has 3 aromatic carbocycles. The molecule has 1 aliphatic carbocycles. The summed E-state index contributed by atoms with van der Waals surface area (Å²) in [5.41, 5.74) is 14.3. The summed E-state index contributed by atoms with van der Waals surface area (Å²) in [6.07, 6.45) is 1.01. The molecule has 0 saturated carbocycles. The van der Waals surface area contributed by atoms with E-state index in [2.05, 4.69) is 47.8 Å². The van der Waals surface area contributed by atoms with E-state index in [1.54, 1.807) is 0 Å². The maximum Gasteiger partial charge on any atom is 0.0617 e. The standard InChI is InChI=1S/C19H16N2/c20-18-7-3-4-8-19(18)21-15-9-10-17-14(12-15)11-13-5-1-2-6-16(13)17/h1-10,12,21H,11,20H2. The molecule has 0 unspecified atom stereocenters. The molecule has 0 heterocycles. The summed E-state index contributed by atoms with van der Waals surface area (Å²) < 4.78 is 0. The van der Waals surface area contributed by atoms with Crippen LogP contribution < -0.4 is 11.1 Å². The Kier molecular flexibility index (Phi) is 2.68.